The maximum Gasteiger partial charge on any atom is 0.0820 e. The lowest BCUT2D eigenvalue weighted by molar-refractivity contribution is -0.0323. The molecule has 8 rings (SSSR count). The van der Waals surface area contributed by atoms with Gasteiger partial charge in [0.05, 0.1) is 16.1 Å². The molecule has 0 unspecified atom stereocenters. The summed E-state index contributed by atoms with van der Waals surface area (Å²) in [7, 11) is -2.47. The van der Waals surface area contributed by atoms with Crippen molar-refractivity contribution < 1.29 is 0 Å². The van der Waals surface area contributed by atoms with Gasteiger partial charge in [-0.2, -0.15) is 0 Å². The Kier molecular flexibility index (Phi) is 2.94. The molecule has 0 N–H and O–H groups in total. The Bertz CT molecular complexity index is 880. The maximum absolute atomic E-state index is 2.77. The number of benzene rings is 2. The molecule has 2 saturated carbocycles. The molecule has 140 valence electrons. The first-order chi connectivity index (χ1) is 13.6. The van der Waals surface area contributed by atoms with Gasteiger partial charge >= 0.3 is 0 Å². The second kappa shape index (κ2) is 5.09. The van der Waals surface area contributed by atoms with E-state index in [-0.39, 0.29) is 0 Å². The van der Waals surface area contributed by atoms with Crippen molar-refractivity contribution in [2.45, 2.75) is 35.3 Å². The zero-order valence-electron chi connectivity index (χ0n) is 16.7. The van der Waals surface area contributed by atoms with Crippen LogP contribution in [0.15, 0.2) is 72.1 Å². The number of hydrogen-bond acceptors (Lipinski definition) is 0. The highest BCUT2D eigenvalue weighted by Crippen LogP contribution is 3.00. The highest BCUT2D eigenvalue weighted by Gasteiger charge is 2.94. The fourth-order valence-electron chi connectivity index (χ4n) is 9.43. The molecule has 2 aliphatic carbocycles. The Labute approximate surface area is 170 Å². The summed E-state index contributed by atoms with van der Waals surface area (Å²) >= 11 is 0. The fourth-order valence-corrected chi connectivity index (χ4v) is 23.2. The molecular weight excluding hydrogens is 368 g/mol. The van der Waals surface area contributed by atoms with E-state index in [1.807, 2.05) is 0 Å². The predicted octanol–water partition coefficient (Wildman–Crippen LogP) is 6.66. The number of hydrogen-bond donors (Lipinski definition) is 0. The fraction of sp³-hybridized carbons (Fsp3) is 0.385. The summed E-state index contributed by atoms with van der Waals surface area (Å²) < 4.78 is 0. The average molecular weight is 397 g/mol. The van der Waals surface area contributed by atoms with Crippen molar-refractivity contribution in [1.29, 1.82) is 0 Å². The van der Waals surface area contributed by atoms with Crippen molar-refractivity contribution in [3.63, 3.8) is 0 Å². The lowest BCUT2D eigenvalue weighted by Gasteiger charge is -2.60. The quantitative estimate of drug-likeness (QED) is 0.507. The molecule has 0 amide bonds. The van der Waals surface area contributed by atoms with Crippen LogP contribution >= 0.6 is 0 Å². The summed E-state index contributed by atoms with van der Waals surface area (Å²) in [4.78, 5) is 0. The Morgan fingerprint density at radius 2 is 0.857 bits per heavy atom. The lowest BCUT2D eigenvalue weighted by Crippen LogP contribution is -2.48. The normalized spacial score (nSPS) is 51.2. The van der Waals surface area contributed by atoms with Crippen LogP contribution in [0.4, 0.5) is 0 Å². The third-order valence-corrected chi connectivity index (χ3v) is 20.5. The summed E-state index contributed by atoms with van der Waals surface area (Å²) in [5.74, 6) is 4.50. The number of rotatable bonds is 4. The molecule has 4 bridgehead atoms. The zero-order valence-corrected chi connectivity index (χ0v) is 18.7. The minimum Gasteiger partial charge on any atom is -0.0933 e. The molecule has 0 spiro atoms. The molecule has 0 nitrogen and oxygen atoms in total. The second-order valence-electron chi connectivity index (χ2n) is 10.6. The molecule has 4 heterocycles. The van der Waals surface area contributed by atoms with Gasteiger partial charge in [0.15, 0.2) is 0 Å². The molecule has 2 aromatic rings. The highest BCUT2D eigenvalue weighted by molar-refractivity contribution is 6.95. The molecule has 0 aromatic heterocycles. The van der Waals surface area contributed by atoms with Gasteiger partial charge in [-0.3, -0.25) is 0 Å². The van der Waals surface area contributed by atoms with Gasteiger partial charge in [0.25, 0.3) is 0 Å². The van der Waals surface area contributed by atoms with Crippen molar-refractivity contribution >= 4 is 28.3 Å². The molecule has 2 heteroatoms. The van der Waals surface area contributed by atoms with Crippen molar-refractivity contribution in [1.82, 2.24) is 0 Å². The van der Waals surface area contributed by atoms with Crippen LogP contribution in [0.3, 0.4) is 0 Å². The molecule has 2 aromatic carbocycles. The van der Waals surface area contributed by atoms with Gasteiger partial charge in [0, 0.05) is 0 Å². The summed E-state index contributed by atoms with van der Waals surface area (Å²) in [6.07, 6.45) is 4.97. The third kappa shape index (κ3) is 1.63. The van der Waals surface area contributed by atoms with E-state index in [0.29, 0.717) is 0 Å². The van der Waals surface area contributed by atoms with E-state index in [9.17, 15) is 0 Å². The van der Waals surface area contributed by atoms with Crippen LogP contribution in [0, 0.1) is 23.7 Å². The van der Waals surface area contributed by atoms with E-state index in [0.717, 1.165) is 45.8 Å². The lowest BCUT2D eigenvalue weighted by atomic mass is 9.45. The zero-order chi connectivity index (χ0) is 18.7. The minimum atomic E-state index is -1.23. The molecular formula is C26H28Si2. The summed E-state index contributed by atoms with van der Waals surface area (Å²) in [6, 6.07) is 22.0. The van der Waals surface area contributed by atoms with Crippen LogP contribution in [0.1, 0.15) is 11.1 Å². The smallest absolute Gasteiger partial charge is 0.0820 e. The SMILES string of the molecule is C[Si]1(/C=C/c2ccccc2)C2C3C4C1C1C2C3[Si](C)(/C=C/c2ccccc2)C41. The highest BCUT2D eigenvalue weighted by atomic mass is 28.3. The Morgan fingerprint density at radius 3 is 1.18 bits per heavy atom. The van der Waals surface area contributed by atoms with E-state index < -0.39 is 16.1 Å². The Balaban J connectivity index is 1.18. The monoisotopic (exact) mass is 396 g/mol. The van der Waals surface area contributed by atoms with Gasteiger partial charge in [-0.25, -0.2) is 0 Å². The first-order valence-electron chi connectivity index (χ1n) is 11.1. The predicted molar refractivity (Wildman–Crippen MR) is 123 cm³/mol. The van der Waals surface area contributed by atoms with Gasteiger partial charge in [-0.1, -0.05) is 97.3 Å². The van der Waals surface area contributed by atoms with Crippen molar-refractivity contribution in [3.05, 3.63) is 83.2 Å². The first-order valence-corrected chi connectivity index (χ1v) is 16.6. The topological polar surface area (TPSA) is 0 Å². The van der Waals surface area contributed by atoms with Crippen molar-refractivity contribution in [2.75, 3.05) is 0 Å². The standard InChI is InChI=1S/C26H28Si2/c1-27(15-13-17-9-5-3-6-10-17)23-19-20-24(27)22-21(23)25(19)28(2,26(20)22)16-14-18-11-7-4-8-12-18/h3-16,19-26H,1-2H3/b15-13+,16-14+. The van der Waals surface area contributed by atoms with E-state index in [1.165, 1.54) is 11.1 Å². The van der Waals surface area contributed by atoms with E-state index in [1.54, 1.807) is 0 Å². The maximum atomic E-state index is 2.77. The van der Waals surface area contributed by atoms with Crippen LogP contribution in [0.5, 0.6) is 0 Å². The third-order valence-electron chi connectivity index (χ3n) is 9.95. The van der Waals surface area contributed by atoms with Crippen LogP contribution in [0.25, 0.3) is 12.2 Å². The molecule has 6 fully saturated rings. The van der Waals surface area contributed by atoms with Gasteiger partial charge in [-0.15, -0.1) is 0 Å². The van der Waals surface area contributed by atoms with Gasteiger partial charge < -0.3 is 0 Å². The van der Waals surface area contributed by atoms with Crippen LogP contribution < -0.4 is 0 Å². The molecule has 0 radical (unpaired) electrons. The van der Waals surface area contributed by atoms with Crippen LogP contribution in [-0.4, -0.2) is 16.1 Å². The van der Waals surface area contributed by atoms with Crippen LogP contribution in [-0.2, 0) is 0 Å². The summed E-state index contributed by atoms with van der Waals surface area (Å²) in [5, 5.41) is 0. The van der Waals surface area contributed by atoms with Crippen molar-refractivity contribution in [2.24, 2.45) is 23.7 Å². The summed E-state index contributed by atoms with van der Waals surface area (Å²) in [6.45, 7) is 5.50. The Hall–Kier alpha value is -1.65. The first kappa shape index (κ1) is 16.2. The van der Waals surface area contributed by atoms with Gasteiger partial charge in [0.2, 0.25) is 0 Å². The second-order valence-corrected chi connectivity index (χ2v) is 19.4. The van der Waals surface area contributed by atoms with Gasteiger partial charge in [-0.05, 0) is 57.0 Å². The Morgan fingerprint density at radius 1 is 0.536 bits per heavy atom. The molecule has 6 aliphatic rings. The molecule has 4 aliphatic heterocycles. The van der Waals surface area contributed by atoms with E-state index in [2.05, 4.69) is 97.3 Å². The average Bonchev–Trinajstić information content (AvgIpc) is 3.13. The van der Waals surface area contributed by atoms with Gasteiger partial charge in [0.1, 0.15) is 0 Å². The minimum absolute atomic E-state index is 1.12. The van der Waals surface area contributed by atoms with E-state index >= 15 is 0 Å². The largest absolute Gasteiger partial charge is 0.0933 e. The summed E-state index contributed by atoms with van der Waals surface area (Å²) in [5.41, 5.74) is 12.9. The van der Waals surface area contributed by atoms with Crippen LogP contribution in [0.2, 0.25) is 35.3 Å². The molecule has 0 atom stereocenters. The van der Waals surface area contributed by atoms with E-state index in [4.69, 9.17) is 0 Å². The van der Waals surface area contributed by atoms with Crippen molar-refractivity contribution in [3.8, 4) is 0 Å². The molecule has 4 saturated heterocycles. The molecule has 28 heavy (non-hydrogen) atoms.